The van der Waals surface area contributed by atoms with Gasteiger partial charge in [-0.3, -0.25) is 5.32 Å². The van der Waals surface area contributed by atoms with Gasteiger partial charge in [-0.05, 0) is 56.9 Å². The largest absolute Gasteiger partial charge is 0.494 e. The van der Waals surface area contributed by atoms with Crippen LogP contribution in [-0.2, 0) is 11.3 Å². The number of carbonyl (C=O) groups is 2. The minimum Gasteiger partial charge on any atom is -0.494 e. The Labute approximate surface area is 212 Å². The number of nitrogens with zero attached hydrogens (tertiary/aromatic N) is 2. The maximum Gasteiger partial charge on any atom is 0.346 e. The summed E-state index contributed by atoms with van der Waals surface area (Å²) in [5, 5.41) is 5.38. The number of nitrogens with one attached hydrogen (secondary N) is 2. The Kier molecular flexibility index (Phi) is 10.1. The van der Waals surface area contributed by atoms with E-state index in [1.807, 2.05) is 0 Å². The third-order valence-corrected chi connectivity index (χ3v) is 6.43. The Morgan fingerprint density at radius 2 is 1.75 bits per heavy atom. The van der Waals surface area contributed by atoms with Crippen molar-refractivity contribution in [3.8, 4) is 17.4 Å². The molecular weight excluding hydrogens is 498 g/mol. The molecule has 1 aliphatic rings. The second kappa shape index (κ2) is 13.2. The highest BCUT2D eigenvalue weighted by Gasteiger charge is 2.26. The molecule has 1 aromatic carbocycles. The molecule has 0 saturated carbocycles. The first kappa shape index (κ1) is 27.4. The lowest BCUT2D eigenvalue weighted by molar-refractivity contribution is 0.0596. The molecule has 198 valence electrons. The lowest BCUT2D eigenvalue weighted by atomic mass is 10.1. The quantitative estimate of drug-likeness (QED) is 0.316. The van der Waals surface area contributed by atoms with Crippen molar-refractivity contribution in [2.24, 2.45) is 0 Å². The number of likely N-dealkylation sites (tertiary alicyclic amines) is 1. The van der Waals surface area contributed by atoms with E-state index in [-0.39, 0.29) is 27.9 Å². The Balaban J connectivity index is 1.63. The van der Waals surface area contributed by atoms with Crippen molar-refractivity contribution in [3.63, 3.8) is 0 Å². The first-order valence-corrected chi connectivity index (χ1v) is 12.2. The third-order valence-electron chi connectivity index (χ3n) is 5.68. The average Bonchev–Trinajstić information content (AvgIpc) is 3.53. The Hall–Kier alpha value is -3.19. The number of anilines is 1. The van der Waals surface area contributed by atoms with Crippen LogP contribution in [0, 0.1) is 11.6 Å². The molecule has 13 heteroatoms. The molecule has 36 heavy (non-hydrogen) atoms. The number of benzene rings is 1. The van der Waals surface area contributed by atoms with Crippen molar-refractivity contribution in [3.05, 3.63) is 28.8 Å². The van der Waals surface area contributed by atoms with Gasteiger partial charge < -0.3 is 29.2 Å². The molecule has 0 spiro atoms. The van der Waals surface area contributed by atoms with Crippen molar-refractivity contribution in [1.29, 1.82) is 0 Å². The second-order valence-electron chi connectivity index (χ2n) is 8.00. The van der Waals surface area contributed by atoms with Crippen LogP contribution in [0.1, 0.15) is 41.6 Å². The first-order chi connectivity index (χ1) is 17.4. The number of hydrogen-bond acceptors (Lipinski definition) is 9. The first-order valence-electron chi connectivity index (χ1n) is 11.5. The van der Waals surface area contributed by atoms with Gasteiger partial charge in [0.25, 0.3) is 0 Å². The van der Waals surface area contributed by atoms with Gasteiger partial charge in [-0.2, -0.15) is 4.37 Å². The number of carbonyl (C=O) groups excluding carboxylic acids is 2. The van der Waals surface area contributed by atoms with Gasteiger partial charge in [0.15, 0.2) is 28.7 Å². The number of rotatable bonds is 12. The van der Waals surface area contributed by atoms with E-state index < -0.39 is 35.8 Å². The summed E-state index contributed by atoms with van der Waals surface area (Å²) in [5.41, 5.74) is -0.640. The summed E-state index contributed by atoms with van der Waals surface area (Å²) >= 11 is 0.776. The fourth-order valence-corrected chi connectivity index (χ4v) is 4.48. The van der Waals surface area contributed by atoms with Gasteiger partial charge in [0.05, 0.1) is 26.9 Å². The monoisotopic (exact) mass is 528 g/mol. The van der Waals surface area contributed by atoms with E-state index in [9.17, 15) is 18.4 Å². The summed E-state index contributed by atoms with van der Waals surface area (Å²) in [5.74, 6) is -3.51. The molecule has 0 atom stereocenters. The predicted octanol–water partition coefficient (Wildman–Crippen LogP) is 3.80. The fraction of sp³-hybridized carbons (Fsp3) is 0.522. The van der Waals surface area contributed by atoms with E-state index >= 15 is 0 Å². The van der Waals surface area contributed by atoms with Gasteiger partial charge in [0.1, 0.15) is 11.6 Å². The Morgan fingerprint density at radius 3 is 2.36 bits per heavy atom. The smallest absolute Gasteiger partial charge is 0.346 e. The van der Waals surface area contributed by atoms with Crippen LogP contribution in [-0.4, -0.2) is 68.8 Å². The SMILES string of the molecule is COC(=O)c1c(OCc2c(F)c(OC)cc(OC)c2F)nsc1NC(=O)NCCCCN1CCCC1. The highest BCUT2D eigenvalue weighted by atomic mass is 32.1. The molecule has 3 rings (SSSR count). The van der Waals surface area contributed by atoms with Crippen LogP contribution in [0.4, 0.5) is 18.6 Å². The molecular formula is C23H30F2N4O6S. The van der Waals surface area contributed by atoms with Gasteiger partial charge >= 0.3 is 12.0 Å². The van der Waals surface area contributed by atoms with Gasteiger partial charge in [0, 0.05) is 12.6 Å². The summed E-state index contributed by atoms with van der Waals surface area (Å²) in [6.45, 7) is 3.11. The topological polar surface area (TPSA) is 111 Å². The minimum absolute atomic E-state index is 0.0792. The van der Waals surface area contributed by atoms with E-state index in [1.165, 1.54) is 27.1 Å². The van der Waals surface area contributed by atoms with Crippen LogP contribution >= 0.6 is 11.5 Å². The van der Waals surface area contributed by atoms with Crippen LogP contribution in [0.3, 0.4) is 0 Å². The molecule has 2 amide bonds. The van der Waals surface area contributed by atoms with E-state index in [4.69, 9.17) is 18.9 Å². The fourth-order valence-electron chi connectivity index (χ4n) is 3.76. The van der Waals surface area contributed by atoms with Crippen molar-refractivity contribution in [1.82, 2.24) is 14.6 Å². The molecule has 0 unspecified atom stereocenters. The summed E-state index contributed by atoms with van der Waals surface area (Å²) in [7, 11) is 3.61. The maximum atomic E-state index is 14.6. The highest BCUT2D eigenvalue weighted by molar-refractivity contribution is 7.11. The van der Waals surface area contributed by atoms with Crippen LogP contribution < -0.4 is 24.8 Å². The van der Waals surface area contributed by atoms with Crippen molar-refractivity contribution in [2.75, 3.05) is 52.8 Å². The molecule has 0 radical (unpaired) electrons. The predicted molar refractivity (Wildman–Crippen MR) is 129 cm³/mol. The number of halogens is 2. The Morgan fingerprint density at radius 1 is 1.08 bits per heavy atom. The average molecular weight is 529 g/mol. The molecule has 1 fully saturated rings. The number of urea groups is 1. The van der Waals surface area contributed by atoms with E-state index in [0.29, 0.717) is 6.54 Å². The number of methoxy groups -OCH3 is 3. The van der Waals surface area contributed by atoms with Crippen LogP contribution in [0.5, 0.6) is 17.4 Å². The van der Waals surface area contributed by atoms with E-state index in [0.717, 1.165) is 57.2 Å². The van der Waals surface area contributed by atoms with E-state index in [1.54, 1.807) is 0 Å². The summed E-state index contributed by atoms with van der Waals surface area (Å²) < 4.78 is 53.4. The Bertz CT molecular complexity index is 1030. The molecule has 1 aromatic heterocycles. The van der Waals surface area contributed by atoms with Gasteiger partial charge in [0.2, 0.25) is 5.88 Å². The van der Waals surface area contributed by atoms with Crippen molar-refractivity contribution < 1.29 is 37.3 Å². The van der Waals surface area contributed by atoms with Crippen LogP contribution in [0.2, 0.25) is 0 Å². The number of aromatic nitrogens is 1. The number of esters is 1. The molecule has 0 aliphatic carbocycles. The zero-order valence-electron chi connectivity index (χ0n) is 20.4. The van der Waals surface area contributed by atoms with Crippen molar-refractivity contribution in [2.45, 2.75) is 32.3 Å². The summed E-state index contributed by atoms with van der Waals surface area (Å²) in [6.07, 6.45) is 4.25. The van der Waals surface area contributed by atoms with Crippen LogP contribution in [0.25, 0.3) is 0 Å². The number of amides is 2. The zero-order valence-corrected chi connectivity index (χ0v) is 21.3. The molecule has 2 aromatic rings. The standard InChI is InChI=1S/C23H30F2N4O6S/c1-32-15-12-16(33-2)19(25)14(18(15)24)13-35-20-17(22(30)34-3)21(36-28-20)27-23(31)26-8-4-5-9-29-10-6-7-11-29/h12H,4-11,13H2,1-3H3,(H2,26,27,31). The van der Waals surface area contributed by atoms with Crippen LogP contribution in [0.15, 0.2) is 6.07 Å². The lowest BCUT2D eigenvalue weighted by Gasteiger charge is -2.14. The zero-order chi connectivity index (χ0) is 26.1. The summed E-state index contributed by atoms with van der Waals surface area (Å²) in [6, 6.07) is 0.551. The third kappa shape index (κ3) is 6.72. The molecule has 1 saturated heterocycles. The maximum absolute atomic E-state index is 14.6. The normalized spacial score (nSPS) is 13.4. The second-order valence-corrected chi connectivity index (χ2v) is 8.77. The molecule has 0 bridgehead atoms. The van der Waals surface area contributed by atoms with Gasteiger partial charge in [-0.15, -0.1) is 0 Å². The molecule has 1 aliphatic heterocycles. The molecule has 2 N–H and O–H groups in total. The molecule has 2 heterocycles. The van der Waals surface area contributed by atoms with E-state index in [2.05, 4.69) is 19.9 Å². The van der Waals surface area contributed by atoms with Crippen molar-refractivity contribution >= 4 is 28.5 Å². The number of hydrogen-bond donors (Lipinski definition) is 2. The highest BCUT2D eigenvalue weighted by Crippen LogP contribution is 2.35. The number of ether oxygens (including phenoxy) is 4. The number of unbranched alkanes of at least 4 members (excludes halogenated alkanes) is 1. The van der Waals surface area contributed by atoms with Gasteiger partial charge in [-0.25, -0.2) is 18.4 Å². The molecule has 10 nitrogen and oxygen atoms in total. The minimum atomic E-state index is -0.979. The lowest BCUT2D eigenvalue weighted by Crippen LogP contribution is -2.30. The summed E-state index contributed by atoms with van der Waals surface area (Å²) in [4.78, 5) is 27.1. The van der Waals surface area contributed by atoms with Gasteiger partial charge in [-0.1, -0.05) is 0 Å².